The van der Waals surface area contributed by atoms with Gasteiger partial charge in [0.25, 0.3) is 0 Å². The number of nitrogens with one attached hydrogen (secondary N) is 1. The molecule has 166 valence electrons. The highest BCUT2D eigenvalue weighted by molar-refractivity contribution is 7.98. The number of thioether (sulfide) groups is 1. The second-order valence-electron chi connectivity index (χ2n) is 7.67. The second kappa shape index (κ2) is 9.50. The van der Waals surface area contributed by atoms with E-state index in [0.717, 1.165) is 33.9 Å². The predicted octanol–water partition coefficient (Wildman–Crippen LogP) is 6.04. The standard InChI is InChI=1S/C26H24N4O2S/c1-3-31-22-14-13-19(15-17(22)2)24-27-21-12-8-7-11-20(21)23-25(32-24)28-26(30-29-23)33-16-18-9-5-4-6-10-18/h4-15,24,27H,3,16H2,1-2H3/t24-/m1/s1. The van der Waals surface area contributed by atoms with Crippen LogP contribution >= 0.6 is 11.8 Å². The van der Waals surface area contributed by atoms with Gasteiger partial charge in [-0.2, -0.15) is 4.98 Å². The van der Waals surface area contributed by atoms with Gasteiger partial charge >= 0.3 is 0 Å². The summed E-state index contributed by atoms with van der Waals surface area (Å²) in [6.45, 7) is 4.65. The van der Waals surface area contributed by atoms with Gasteiger partial charge in [0.15, 0.2) is 11.9 Å². The van der Waals surface area contributed by atoms with E-state index < -0.39 is 6.23 Å². The Morgan fingerprint density at radius 3 is 2.64 bits per heavy atom. The van der Waals surface area contributed by atoms with Crippen LogP contribution in [-0.2, 0) is 5.75 Å². The predicted molar refractivity (Wildman–Crippen MR) is 131 cm³/mol. The molecule has 0 amide bonds. The van der Waals surface area contributed by atoms with Crippen molar-refractivity contribution in [2.45, 2.75) is 31.0 Å². The molecule has 0 unspecified atom stereocenters. The van der Waals surface area contributed by atoms with Gasteiger partial charge in [0.2, 0.25) is 11.0 Å². The lowest BCUT2D eigenvalue weighted by Gasteiger charge is -2.20. The van der Waals surface area contributed by atoms with Crippen molar-refractivity contribution in [2.75, 3.05) is 11.9 Å². The van der Waals surface area contributed by atoms with Crippen molar-refractivity contribution < 1.29 is 9.47 Å². The third-order valence-electron chi connectivity index (χ3n) is 5.35. The lowest BCUT2D eigenvalue weighted by atomic mass is 10.1. The molecule has 6 nitrogen and oxygen atoms in total. The maximum absolute atomic E-state index is 6.39. The molecule has 0 aliphatic carbocycles. The Hall–Kier alpha value is -3.58. The van der Waals surface area contributed by atoms with Crippen molar-refractivity contribution in [1.82, 2.24) is 15.2 Å². The monoisotopic (exact) mass is 456 g/mol. The van der Waals surface area contributed by atoms with E-state index >= 15 is 0 Å². The van der Waals surface area contributed by atoms with Crippen LogP contribution in [0, 0.1) is 6.92 Å². The van der Waals surface area contributed by atoms with Gasteiger partial charge in [-0.3, -0.25) is 0 Å². The minimum absolute atomic E-state index is 0.426. The average molecular weight is 457 g/mol. The van der Waals surface area contributed by atoms with Gasteiger partial charge in [0, 0.05) is 22.6 Å². The van der Waals surface area contributed by atoms with Gasteiger partial charge in [-0.15, -0.1) is 10.2 Å². The number of anilines is 1. The molecule has 0 spiro atoms. The molecule has 33 heavy (non-hydrogen) atoms. The highest BCUT2D eigenvalue weighted by Crippen LogP contribution is 2.40. The lowest BCUT2D eigenvalue weighted by Crippen LogP contribution is -2.17. The number of aryl methyl sites for hydroxylation is 1. The zero-order valence-electron chi connectivity index (χ0n) is 18.5. The fraction of sp³-hybridized carbons (Fsp3) is 0.192. The number of para-hydroxylation sites is 1. The van der Waals surface area contributed by atoms with Gasteiger partial charge in [0.05, 0.1) is 6.61 Å². The summed E-state index contributed by atoms with van der Waals surface area (Å²) in [5.41, 5.74) is 5.71. The van der Waals surface area contributed by atoms with Crippen molar-refractivity contribution in [3.05, 3.63) is 89.5 Å². The van der Waals surface area contributed by atoms with Crippen LogP contribution < -0.4 is 14.8 Å². The molecule has 1 aliphatic rings. The first-order valence-corrected chi connectivity index (χ1v) is 11.9. The second-order valence-corrected chi connectivity index (χ2v) is 8.61. The van der Waals surface area contributed by atoms with E-state index in [2.05, 4.69) is 33.7 Å². The number of hydrogen-bond donors (Lipinski definition) is 1. The van der Waals surface area contributed by atoms with Crippen LogP contribution in [0.2, 0.25) is 0 Å². The van der Waals surface area contributed by atoms with E-state index in [4.69, 9.17) is 14.5 Å². The maximum atomic E-state index is 6.39. The normalized spacial score (nSPS) is 14.3. The summed E-state index contributed by atoms with van der Waals surface area (Å²) in [6, 6.07) is 24.3. The van der Waals surface area contributed by atoms with Crippen LogP contribution in [-0.4, -0.2) is 21.8 Å². The van der Waals surface area contributed by atoms with E-state index in [9.17, 15) is 0 Å². The topological polar surface area (TPSA) is 69.2 Å². The van der Waals surface area contributed by atoms with Crippen molar-refractivity contribution in [3.63, 3.8) is 0 Å². The number of hydrogen-bond acceptors (Lipinski definition) is 7. The van der Waals surface area contributed by atoms with Crippen LogP contribution in [0.25, 0.3) is 11.3 Å². The summed E-state index contributed by atoms with van der Waals surface area (Å²) >= 11 is 1.54. The minimum atomic E-state index is -0.426. The van der Waals surface area contributed by atoms with Crippen molar-refractivity contribution in [1.29, 1.82) is 0 Å². The lowest BCUT2D eigenvalue weighted by molar-refractivity contribution is 0.225. The molecule has 1 aliphatic heterocycles. The molecule has 0 radical (unpaired) electrons. The number of aromatic nitrogens is 3. The molecule has 2 heterocycles. The Labute approximate surface area is 197 Å². The van der Waals surface area contributed by atoms with Crippen LogP contribution in [0.1, 0.15) is 29.8 Å². The van der Waals surface area contributed by atoms with Crippen molar-refractivity contribution in [2.24, 2.45) is 0 Å². The third-order valence-corrected chi connectivity index (χ3v) is 6.25. The highest BCUT2D eigenvalue weighted by atomic mass is 32.2. The van der Waals surface area contributed by atoms with Crippen molar-refractivity contribution >= 4 is 17.4 Å². The Bertz CT molecular complexity index is 1270. The first-order valence-electron chi connectivity index (χ1n) is 10.9. The number of nitrogens with zero attached hydrogens (tertiary/aromatic N) is 3. The van der Waals surface area contributed by atoms with E-state index in [1.165, 1.54) is 17.3 Å². The molecule has 7 heteroatoms. The largest absolute Gasteiger partial charge is 0.494 e. The quantitative estimate of drug-likeness (QED) is 0.355. The van der Waals surface area contributed by atoms with Crippen molar-refractivity contribution in [3.8, 4) is 22.9 Å². The highest BCUT2D eigenvalue weighted by Gasteiger charge is 2.26. The summed E-state index contributed by atoms with van der Waals surface area (Å²) in [5, 5.41) is 13.0. The van der Waals surface area contributed by atoms with E-state index in [-0.39, 0.29) is 0 Å². The van der Waals surface area contributed by atoms with Gasteiger partial charge in [-0.25, -0.2) is 0 Å². The number of ether oxygens (including phenoxy) is 2. The van der Waals surface area contributed by atoms with Crippen LogP contribution in [0.15, 0.2) is 78.0 Å². The summed E-state index contributed by atoms with van der Waals surface area (Å²) < 4.78 is 12.1. The molecule has 1 N–H and O–H groups in total. The number of benzene rings is 3. The number of fused-ring (bicyclic) bond motifs is 3. The Kier molecular flexibility index (Phi) is 6.13. The van der Waals surface area contributed by atoms with Crippen LogP contribution in [0.4, 0.5) is 5.69 Å². The molecule has 0 fully saturated rings. The van der Waals surface area contributed by atoms with Crippen LogP contribution in [0.5, 0.6) is 11.6 Å². The zero-order chi connectivity index (χ0) is 22.6. The first kappa shape index (κ1) is 21.3. The summed E-state index contributed by atoms with van der Waals surface area (Å²) in [5.74, 6) is 2.10. The zero-order valence-corrected chi connectivity index (χ0v) is 19.3. The molecule has 0 saturated heterocycles. The van der Waals surface area contributed by atoms with Gasteiger partial charge < -0.3 is 14.8 Å². The maximum Gasteiger partial charge on any atom is 0.247 e. The Morgan fingerprint density at radius 2 is 1.82 bits per heavy atom. The molecule has 0 bridgehead atoms. The molecular formula is C26H24N4O2S. The fourth-order valence-electron chi connectivity index (χ4n) is 3.73. The Morgan fingerprint density at radius 1 is 1.00 bits per heavy atom. The molecule has 5 rings (SSSR count). The smallest absolute Gasteiger partial charge is 0.247 e. The molecule has 4 aromatic rings. The third kappa shape index (κ3) is 4.64. The molecule has 0 saturated carbocycles. The molecule has 1 atom stereocenters. The first-order chi connectivity index (χ1) is 16.2. The molecule has 1 aromatic heterocycles. The number of rotatable bonds is 6. The van der Waals surface area contributed by atoms with E-state index in [1.807, 2.05) is 68.4 Å². The molecular weight excluding hydrogens is 432 g/mol. The van der Waals surface area contributed by atoms with E-state index in [1.54, 1.807) is 0 Å². The van der Waals surface area contributed by atoms with Crippen LogP contribution in [0.3, 0.4) is 0 Å². The fourth-order valence-corrected chi connectivity index (χ4v) is 4.47. The summed E-state index contributed by atoms with van der Waals surface area (Å²) in [6.07, 6.45) is -0.426. The van der Waals surface area contributed by atoms with Gasteiger partial charge in [-0.1, -0.05) is 60.3 Å². The summed E-state index contributed by atoms with van der Waals surface area (Å²) in [4.78, 5) is 4.73. The average Bonchev–Trinajstić information content (AvgIpc) is 3.01. The van der Waals surface area contributed by atoms with E-state index in [0.29, 0.717) is 23.3 Å². The SMILES string of the molecule is CCOc1ccc([C@@H]2Nc3ccccc3-c3nnc(SCc4ccccc4)nc3O2)cc1C. The van der Waals surface area contributed by atoms with Gasteiger partial charge in [0.1, 0.15) is 5.75 Å². The Balaban J connectivity index is 1.48. The minimum Gasteiger partial charge on any atom is -0.494 e. The van der Waals surface area contributed by atoms with Gasteiger partial charge in [-0.05, 0) is 49.2 Å². The summed E-state index contributed by atoms with van der Waals surface area (Å²) in [7, 11) is 0. The molecule has 3 aromatic carbocycles.